The summed E-state index contributed by atoms with van der Waals surface area (Å²) in [5.74, 6) is 0.0923. The Kier molecular flexibility index (Phi) is 5.56. The lowest BCUT2D eigenvalue weighted by Gasteiger charge is -2.12. The molecule has 0 spiro atoms. The Morgan fingerprint density at radius 1 is 1.08 bits per heavy atom. The zero-order chi connectivity index (χ0) is 17.6. The number of aromatic nitrogens is 1. The number of Topliss-reactive ketones (excluding diaryl/α,β-unsaturated/α-hetero) is 1. The molecule has 0 fully saturated rings. The number of carbonyl (C=O) groups excluding carboxylic acids is 1. The van der Waals surface area contributed by atoms with Crippen molar-refractivity contribution in [1.82, 2.24) is 4.98 Å². The third kappa shape index (κ3) is 4.73. The van der Waals surface area contributed by atoms with Crippen LogP contribution >= 0.6 is 15.9 Å². The Morgan fingerprint density at radius 3 is 2.68 bits per heavy atom. The van der Waals surface area contributed by atoms with Gasteiger partial charge in [-0.2, -0.15) is 0 Å². The first kappa shape index (κ1) is 17.3. The Hall–Kier alpha value is -2.53. The average Bonchev–Trinajstić information content (AvgIpc) is 2.61. The predicted molar refractivity (Wildman–Crippen MR) is 97.1 cm³/mol. The molecule has 3 aromatic rings. The summed E-state index contributed by atoms with van der Waals surface area (Å²) in [6, 6.07) is 15.1. The van der Waals surface area contributed by atoms with Crippen LogP contribution in [0, 0.1) is 5.82 Å². The van der Waals surface area contributed by atoms with E-state index in [9.17, 15) is 9.18 Å². The number of hydrogen-bond acceptors (Lipinski definition) is 3. The number of pyridine rings is 1. The van der Waals surface area contributed by atoms with Gasteiger partial charge in [0.25, 0.3) is 0 Å². The van der Waals surface area contributed by atoms with Crippen LogP contribution in [0.4, 0.5) is 4.39 Å². The summed E-state index contributed by atoms with van der Waals surface area (Å²) in [6.45, 7) is 0.187. The molecule has 0 saturated carbocycles. The number of carbonyl (C=O) groups is 1. The van der Waals surface area contributed by atoms with Crippen LogP contribution in [0.15, 0.2) is 71.5 Å². The second kappa shape index (κ2) is 8.03. The lowest BCUT2D eigenvalue weighted by molar-refractivity contribution is 0.0988. The van der Waals surface area contributed by atoms with Crippen LogP contribution in [0.5, 0.6) is 5.75 Å². The zero-order valence-corrected chi connectivity index (χ0v) is 14.9. The maximum absolute atomic E-state index is 13.3. The van der Waals surface area contributed by atoms with E-state index in [1.807, 2.05) is 12.1 Å². The summed E-state index contributed by atoms with van der Waals surface area (Å²) in [5, 5.41) is 0. The first-order valence-corrected chi connectivity index (χ1v) is 8.50. The summed E-state index contributed by atoms with van der Waals surface area (Å²) in [5.41, 5.74) is 2.02. The van der Waals surface area contributed by atoms with Gasteiger partial charge in [0, 0.05) is 23.3 Å². The molecule has 0 amide bonds. The molecule has 25 heavy (non-hydrogen) atoms. The minimum Gasteiger partial charge on any atom is -0.488 e. The van der Waals surface area contributed by atoms with Crippen molar-refractivity contribution < 1.29 is 13.9 Å². The summed E-state index contributed by atoms with van der Waals surface area (Å²) >= 11 is 3.39. The number of rotatable bonds is 6. The molecule has 0 atom stereocenters. The standard InChI is InChI=1S/C20H15BrFNO2/c21-16-6-7-20(25-13-15-3-1-5-17(22)9-15)18(11-16)19(24)10-14-4-2-8-23-12-14/h1-9,11-12H,10,13H2. The van der Waals surface area contributed by atoms with Crippen molar-refractivity contribution in [3.63, 3.8) is 0 Å². The van der Waals surface area contributed by atoms with Crippen molar-refractivity contribution >= 4 is 21.7 Å². The lowest BCUT2D eigenvalue weighted by Crippen LogP contribution is -2.07. The topological polar surface area (TPSA) is 39.2 Å². The number of hydrogen-bond donors (Lipinski definition) is 0. The fourth-order valence-corrected chi connectivity index (χ4v) is 2.78. The Morgan fingerprint density at radius 2 is 1.92 bits per heavy atom. The molecule has 3 nitrogen and oxygen atoms in total. The molecule has 2 aromatic carbocycles. The minimum absolute atomic E-state index is 0.0662. The maximum atomic E-state index is 13.3. The Labute approximate surface area is 153 Å². The van der Waals surface area contributed by atoms with Crippen molar-refractivity contribution in [2.75, 3.05) is 0 Å². The normalized spacial score (nSPS) is 10.5. The van der Waals surface area contributed by atoms with Crippen molar-refractivity contribution in [3.8, 4) is 5.75 Å². The molecule has 0 aliphatic heterocycles. The molecule has 0 bridgehead atoms. The van der Waals surface area contributed by atoms with Crippen LogP contribution in [0.25, 0.3) is 0 Å². The number of benzene rings is 2. The summed E-state index contributed by atoms with van der Waals surface area (Å²) in [4.78, 5) is 16.7. The third-order valence-corrected chi connectivity index (χ3v) is 4.11. The zero-order valence-electron chi connectivity index (χ0n) is 13.3. The van der Waals surface area contributed by atoms with E-state index >= 15 is 0 Å². The fourth-order valence-electron chi connectivity index (χ4n) is 2.42. The Bertz CT molecular complexity index is 884. The molecule has 0 radical (unpaired) electrons. The van der Waals surface area contributed by atoms with E-state index in [4.69, 9.17) is 4.74 Å². The van der Waals surface area contributed by atoms with Gasteiger partial charge in [0.2, 0.25) is 0 Å². The highest BCUT2D eigenvalue weighted by Crippen LogP contribution is 2.25. The van der Waals surface area contributed by atoms with Gasteiger partial charge in [0.15, 0.2) is 5.78 Å². The van der Waals surface area contributed by atoms with Gasteiger partial charge in [-0.05, 0) is 47.5 Å². The van der Waals surface area contributed by atoms with E-state index in [-0.39, 0.29) is 24.6 Å². The first-order chi connectivity index (χ1) is 12.1. The SMILES string of the molecule is O=C(Cc1cccnc1)c1cc(Br)ccc1OCc1cccc(F)c1. The van der Waals surface area contributed by atoms with E-state index in [0.717, 1.165) is 10.0 Å². The summed E-state index contributed by atoms with van der Waals surface area (Å²) < 4.78 is 19.8. The second-order valence-electron chi connectivity index (χ2n) is 5.52. The van der Waals surface area contributed by atoms with E-state index in [1.54, 1.807) is 42.7 Å². The summed E-state index contributed by atoms with van der Waals surface area (Å²) in [6.07, 6.45) is 3.57. The number of ketones is 1. The van der Waals surface area contributed by atoms with Crippen molar-refractivity contribution in [1.29, 1.82) is 0 Å². The number of halogens is 2. The van der Waals surface area contributed by atoms with Crippen molar-refractivity contribution in [2.24, 2.45) is 0 Å². The van der Waals surface area contributed by atoms with Gasteiger partial charge in [0.05, 0.1) is 5.56 Å². The fraction of sp³-hybridized carbons (Fsp3) is 0.100. The first-order valence-electron chi connectivity index (χ1n) is 7.71. The number of ether oxygens (including phenoxy) is 1. The van der Waals surface area contributed by atoms with Crippen LogP contribution in [-0.4, -0.2) is 10.8 Å². The van der Waals surface area contributed by atoms with Gasteiger partial charge in [-0.15, -0.1) is 0 Å². The highest BCUT2D eigenvalue weighted by Gasteiger charge is 2.14. The maximum Gasteiger partial charge on any atom is 0.171 e. The van der Waals surface area contributed by atoms with Crippen LogP contribution in [0.3, 0.4) is 0 Å². The average molecular weight is 400 g/mol. The minimum atomic E-state index is -0.315. The molecule has 5 heteroatoms. The molecule has 1 heterocycles. The lowest BCUT2D eigenvalue weighted by atomic mass is 10.0. The van der Waals surface area contributed by atoms with E-state index in [2.05, 4.69) is 20.9 Å². The quantitative estimate of drug-likeness (QED) is 0.548. The van der Waals surface area contributed by atoms with Crippen LogP contribution in [0.1, 0.15) is 21.5 Å². The van der Waals surface area contributed by atoms with E-state index < -0.39 is 0 Å². The van der Waals surface area contributed by atoms with Gasteiger partial charge in [-0.3, -0.25) is 9.78 Å². The molecule has 126 valence electrons. The molecule has 0 aliphatic rings. The number of nitrogens with zero attached hydrogens (tertiary/aromatic N) is 1. The van der Waals surface area contributed by atoms with Gasteiger partial charge in [0.1, 0.15) is 18.2 Å². The smallest absolute Gasteiger partial charge is 0.171 e. The Balaban J connectivity index is 1.79. The molecule has 0 N–H and O–H groups in total. The molecule has 0 saturated heterocycles. The molecule has 3 rings (SSSR count). The van der Waals surface area contributed by atoms with Crippen molar-refractivity contribution in [2.45, 2.75) is 13.0 Å². The van der Waals surface area contributed by atoms with Gasteiger partial charge in [-0.1, -0.05) is 34.1 Å². The van der Waals surface area contributed by atoms with Crippen LogP contribution < -0.4 is 4.74 Å². The van der Waals surface area contributed by atoms with Crippen LogP contribution in [0.2, 0.25) is 0 Å². The third-order valence-electron chi connectivity index (χ3n) is 3.61. The summed E-state index contributed by atoms with van der Waals surface area (Å²) in [7, 11) is 0. The molecular formula is C20H15BrFNO2. The molecular weight excluding hydrogens is 385 g/mol. The van der Waals surface area contributed by atoms with E-state index in [0.29, 0.717) is 16.9 Å². The van der Waals surface area contributed by atoms with Gasteiger partial charge in [-0.25, -0.2) is 4.39 Å². The molecule has 0 unspecified atom stereocenters. The van der Waals surface area contributed by atoms with Gasteiger partial charge >= 0.3 is 0 Å². The highest BCUT2D eigenvalue weighted by atomic mass is 79.9. The van der Waals surface area contributed by atoms with Gasteiger partial charge < -0.3 is 4.74 Å². The highest BCUT2D eigenvalue weighted by molar-refractivity contribution is 9.10. The second-order valence-corrected chi connectivity index (χ2v) is 6.44. The predicted octanol–water partition coefficient (Wildman–Crippen LogP) is 4.99. The monoisotopic (exact) mass is 399 g/mol. The molecule has 1 aromatic heterocycles. The van der Waals surface area contributed by atoms with Crippen LogP contribution in [-0.2, 0) is 13.0 Å². The molecule has 0 aliphatic carbocycles. The van der Waals surface area contributed by atoms with E-state index in [1.165, 1.54) is 12.1 Å². The largest absolute Gasteiger partial charge is 0.488 e. The van der Waals surface area contributed by atoms with Crippen molar-refractivity contribution in [3.05, 3.63) is 94.0 Å².